The van der Waals surface area contributed by atoms with Crippen LogP contribution in [0, 0.1) is 0 Å². The Balaban J connectivity index is 1.49. The lowest BCUT2D eigenvalue weighted by Gasteiger charge is -2.05. The molecule has 0 aliphatic carbocycles. The lowest BCUT2D eigenvalue weighted by Crippen LogP contribution is -2.32. The first-order chi connectivity index (χ1) is 10.8. The molecule has 0 unspecified atom stereocenters. The van der Waals surface area contributed by atoms with Gasteiger partial charge in [0.05, 0.1) is 6.33 Å². The van der Waals surface area contributed by atoms with Gasteiger partial charge in [0.25, 0.3) is 0 Å². The first kappa shape index (κ1) is 16.0. The van der Waals surface area contributed by atoms with Crippen molar-refractivity contribution in [3.63, 3.8) is 0 Å². The summed E-state index contributed by atoms with van der Waals surface area (Å²) in [6.07, 6.45) is 10.4. The lowest BCUT2D eigenvalue weighted by atomic mass is 10.2. The highest BCUT2D eigenvalue weighted by atomic mass is 15.1. The van der Waals surface area contributed by atoms with Crippen LogP contribution in [0.5, 0.6) is 0 Å². The molecule has 0 aliphatic heterocycles. The van der Waals surface area contributed by atoms with E-state index >= 15 is 0 Å². The second kappa shape index (κ2) is 9.55. The highest BCUT2D eigenvalue weighted by Gasteiger charge is 1.96. The maximum atomic E-state index is 5.83. The minimum absolute atomic E-state index is 0.530. The van der Waals surface area contributed by atoms with E-state index in [2.05, 4.69) is 31.3 Å². The van der Waals surface area contributed by atoms with Crippen molar-refractivity contribution in [2.75, 3.05) is 13.1 Å². The molecule has 0 radical (unpaired) electrons. The molecule has 2 aromatic heterocycles. The molecule has 6 nitrogen and oxygen atoms in total. The smallest absolute Gasteiger partial charge is 0.188 e. The van der Waals surface area contributed by atoms with Crippen molar-refractivity contribution in [2.45, 2.75) is 32.1 Å². The van der Waals surface area contributed by atoms with Crippen LogP contribution in [0.4, 0.5) is 0 Å². The number of aliphatic imine (C=N–C) groups is 1. The van der Waals surface area contributed by atoms with Gasteiger partial charge in [0.2, 0.25) is 0 Å². The van der Waals surface area contributed by atoms with Crippen molar-refractivity contribution < 1.29 is 0 Å². The molecule has 118 valence electrons. The van der Waals surface area contributed by atoms with Gasteiger partial charge in [0.1, 0.15) is 0 Å². The number of nitrogens with two attached hydrogens (primary N) is 1. The van der Waals surface area contributed by atoms with Gasteiger partial charge in [0, 0.05) is 36.9 Å². The van der Waals surface area contributed by atoms with Crippen LogP contribution in [-0.4, -0.2) is 34.0 Å². The second-order valence-electron chi connectivity index (χ2n) is 5.15. The average Bonchev–Trinajstić information content (AvgIpc) is 3.06. The van der Waals surface area contributed by atoms with E-state index in [9.17, 15) is 0 Å². The van der Waals surface area contributed by atoms with Crippen LogP contribution in [0.15, 0.2) is 41.9 Å². The molecule has 0 bridgehead atoms. The van der Waals surface area contributed by atoms with Crippen molar-refractivity contribution in [1.82, 2.24) is 20.3 Å². The van der Waals surface area contributed by atoms with Crippen LogP contribution in [0.25, 0.3) is 0 Å². The number of unbranched alkanes of at least 4 members (excludes halogenated alkanes) is 1. The minimum Gasteiger partial charge on any atom is -0.370 e. The first-order valence-electron chi connectivity index (χ1n) is 7.75. The van der Waals surface area contributed by atoms with Gasteiger partial charge in [-0.1, -0.05) is 6.07 Å². The molecule has 0 atom stereocenters. The third-order valence-corrected chi connectivity index (χ3v) is 3.33. The number of H-pyrrole nitrogens is 1. The quantitative estimate of drug-likeness (QED) is 0.373. The third kappa shape index (κ3) is 6.39. The van der Waals surface area contributed by atoms with Gasteiger partial charge in [-0.3, -0.25) is 9.98 Å². The number of hydrogen-bond donors (Lipinski definition) is 3. The second-order valence-corrected chi connectivity index (χ2v) is 5.15. The number of nitrogens with one attached hydrogen (secondary N) is 2. The number of aromatic nitrogens is 3. The van der Waals surface area contributed by atoms with Gasteiger partial charge < -0.3 is 16.0 Å². The van der Waals surface area contributed by atoms with Crippen LogP contribution < -0.4 is 11.1 Å². The van der Waals surface area contributed by atoms with Gasteiger partial charge in [-0.05, 0) is 44.2 Å². The van der Waals surface area contributed by atoms with E-state index in [-0.39, 0.29) is 0 Å². The molecule has 22 heavy (non-hydrogen) atoms. The Morgan fingerprint density at radius 1 is 1.23 bits per heavy atom. The number of aromatic amines is 1. The fourth-order valence-electron chi connectivity index (χ4n) is 2.14. The molecule has 0 amide bonds. The third-order valence-electron chi connectivity index (χ3n) is 3.33. The number of pyridine rings is 1. The molecule has 6 heteroatoms. The van der Waals surface area contributed by atoms with E-state index in [0.717, 1.165) is 56.6 Å². The SMILES string of the molecule is NC(=NCCCc1cnc[nH]1)NCCCCc1ccccn1. The van der Waals surface area contributed by atoms with E-state index in [4.69, 9.17) is 5.73 Å². The summed E-state index contributed by atoms with van der Waals surface area (Å²) < 4.78 is 0. The molecule has 4 N–H and O–H groups in total. The summed E-state index contributed by atoms with van der Waals surface area (Å²) in [5, 5.41) is 3.15. The van der Waals surface area contributed by atoms with Gasteiger partial charge in [-0.25, -0.2) is 4.98 Å². The molecule has 2 heterocycles. The summed E-state index contributed by atoms with van der Waals surface area (Å²) in [6.45, 7) is 1.58. The molecule has 2 rings (SSSR count). The first-order valence-corrected chi connectivity index (χ1v) is 7.75. The van der Waals surface area contributed by atoms with E-state index in [1.807, 2.05) is 24.5 Å². The van der Waals surface area contributed by atoms with Gasteiger partial charge in [-0.15, -0.1) is 0 Å². The number of nitrogens with zero attached hydrogens (tertiary/aromatic N) is 3. The Kier molecular flexibility index (Phi) is 6.95. The Labute approximate surface area is 131 Å². The van der Waals surface area contributed by atoms with Gasteiger partial charge >= 0.3 is 0 Å². The van der Waals surface area contributed by atoms with Crippen molar-refractivity contribution in [2.24, 2.45) is 10.7 Å². The minimum atomic E-state index is 0.530. The summed E-state index contributed by atoms with van der Waals surface area (Å²) in [5.41, 5.74) is 8.11. The van der Waals surface area contributed by atoms with E-state index < -0.39 is 0 Å². The topological polar surface area (TPSA) is 92.0 Å². The maximum absolute atomic E-state index is 5.83. The fourth-order valence-corrected chi connectivity index (χ4v) is 2.14. The summed E-state index contributed by atoms with van der Waals surface area (Å²) in [4.78, 5) is 15.7. The lowest BCUT2D eigenvalue weighted by molar-refractivity contribution is 0.695. The molecule has 0 saturated heterocycles. The standard InChI is InChI=1S/C16H24N6/c17-16(21-11-5-8-15-12-18-13-22-15)20-10-4-2-7-14-6-1-3-9-19-14/h1,3,6,9,12-13H,2,4-5,7-8,10-11H2,(H,18,22)(H3,17,20,21). The van der Waals surface area contributed by atoms with Gasteiger partial charge in [-0.2, -0.15) is 0 Å². The predicted molar refractivity (Wildman–Crippen MR) is 88.6 cm³/mol. The van der Waals surface area contributed by atoms with Crippen molar-refractivity contribution in [3.8, 4) is 0 Å². The van der Waals surface area contributed by atoms with E-state index in [1.165, 1.54) is 0 Å². The molecule has 2 aromatic rings. The zero-order valence-electron chi connectivity index (χ0n) is 12.8. The summed E-state index contributed by atoms with van der Waals surface area (Å²) in [5.74, 6) is 0.530. The zero-order chi connectivity index (χ0) is 15.5. The van der Waals surface area contributed by atoms with Crippen LogP contribution >= 0.6 is 0 Å². The van der Waals surface area contributed by atoms with Crippen molar-refractivity contribution in [3.05, 3.63) is 48.3 Å². The van der Waals surface area contributed by atoms with Crippen molar-refractivity contribution in [1.29, 1.82) is 0 Å². The fraction of sp³-hybridized carbons (Fsp3) is 0.438. The van der Waals surface area contributed by atoms with Crippen LogP contribution in [-0.2, 0) is 12.8 Å². The molecular weight excluding hydrogens is 276 g/mol. The van der Waals surface area contributed by atoms with E-state index in [0.29, 0.717) is 5.96 Å². The largest absolute Gasteiger partial charge is 0.370 e. The molecular formula is C16H24N6. The van der Waals surface area contributed by atoms with Crippen LogP contribution in [0.1, 0.15) is 30.7 Å². The predicted octanol–water partition coefficient (Wildman–Crippen LogP) is 1.66. The number of aryl methyl sites for hydroxylation is 2. The molecule has 0 aromatic carbocycles. The molecule has 0 spiro atoms. The highest BCUT2D eigenvalue weighted by Crippen LogP contribution is 2.00. The normalized spacial score (nSPS) is 11.5. The Morgan fingerprint density at radius 3 is 2.95 bits per heavy atom. The molecule has 0 fully saturated rings. The van der Waals surface area contributed by atoms with Crippen LogP contribution in [0.2, 0.25) is 0 Å². The summed E-state index contributed by atoms with van der Waals surface area (Å²) >= 11 is 0. The summed E-state index contributed by atoms with van der Waals surface area (Å²) in [7, 11) is 0. The molecule has 0 saturated carbocycles. The van der Waals surface area contributed by atoms with Gasteiger partial charge in [0.15, 0.2) is 5.96 Å². The number of guanidine groups is 1. The summed E-state index contributed by atoms with van der Waals surface area (Å²) in [6, 6.07) is 6.02. The number of rotatable bonds is 9. The maximum Gasteiger partial charge on any atom is 0.188 e. The van der Waals surface area contributed by atoms with Crippen molar-refractivity contribution >= 4 is 5.96 Å². The van der Waals surface area contributed by atoms with Crippen LogP contribution in [0.3, 0.4) is 0 Å². The van der Waals surface area contributed by atoms with E-state index in [1.54, 1.807) is 6.33 Å². The Morgan fingerprint density at radius 2 is 2.18 bits per heavy atom. The Hall–Kier alpha value is -2.37. The molecule has 0 aliphatic rings. The number of imidazole rings is 1. The Bertz CT molecular complexity index is 535. The number of hydrogen-bond acceptors (Lipinski definition) is 3. The average molecular weight is 300 g/mol. The highest BCUT2D eigenvalue weighted by molar-refractivity contribution is 5.77. The zero-order valence-corrected chi connectivity index (χ0v) is 12.8. The monoisotopic (exact) mass is 300 g/mol.